The summed E-state index contributed by atoms with van der Waals surface area (Å²) in [4.78, 5) is 57.1. The maximum atomic E-state index is 13.5. The molecule has 1 unspecified atom stereocenters. The summed E-state index contributed by atoms with van der Waals surface area (Å²) in [6.45, 7) is 4.95. The number of hydrogen-bond donors (Lipinski definition) is 2. The number of pyridine rings is 1. The van der Waals surface area contributed by atoms with Gasteiger partial charge in [0.1, 0.15) is 23.2 Å². The van der Waals surface area contributed by atoms with Crippen LogP contribution in [0.2, 0.25) is 0 Å². The number of ether oxygens (including phenoxy) is 1. The van der Waals surface area contributed by atoms with E-state index in [9.17, 15) is 32.3 Å². The van der Waals surface area contributed by atoms with Crippen LogP contribution in [0, 0.1) is 12.8 Å². The molecule has 2 N–H and O–H groups in total. The number of carbonyl (C=O) groups is 3. The van der Waals surface area contributed by atoms with E-state index < -0.39 is 29.7 Å². The summed E-state index contributed by atoms with van der Waals surface area (Å²) in [5.41, 5.74) is 3.03. The standard InChI is InChI=1S/C41H45F3N8O5/c1-23-17-28(37-33(18-23)52(40(56)49(37)2)32-11-12-36(53)47-39(32)55)25-13-15-50(16-14-25)21-24-7-9-27(10-8-24)51-22-26-19-31(34(57-3)20-30(26)48-51)46-38(54)29-5-4-6-35(45-29)41(42,43)44/h4-6,17-20,22,24-25,27,32H,7-16,21H2,1-3H3,(H,46,54)(H,47,53,55)/t24-,27-,32?. The fourth-order valence-electron chi connectivity index (χ4n) is 9.05. The number of alkyl halides is 3. The van der Waals surface area contributed by atoms with Crippen molar-refractivity contribution in [3.05, 3.63) is 81.7 Å². The molecular weight excluding hydrogens is 741 g/mol. The van der Waals surface area contributed by atoms with Crippen LogP contribution in [0.5, 0.6) is 5.75 Å². The number of nitrogens with one attached hydrogen (secondary N) is 2. The van der Waals surface area contributed by atoms with Gasteiger partial charge in [-0.3, -0.25) is 33.5 Å². The molecule has 3 amide bonds. The summed E-state index contributed by atoms with van der Waals surface area (Å²) in [6.07, 6.45) is 3.77. The second kappa shape index (κ2) is 15.1. The maximum absolute atomic E-state index is 13.5. The van der Waals surface area contributed by atoms with E-state index in [0.717, 1.165) is 97.8 Å². The number of aromatic nitrogens is 5. The lowest BCUT2D eigenvalue weighted by molar-refractivity contribution is -0.141. The van der Waals surface area contributed by atoms with Gasteiger partial charge in [-0.15, -0.1) is 0 Å². The highest BCUT2D eigenvalue weighted by molar-refractivity contribution is 6.05. The fraction of sp³-hybridized carbons (Fsp3) is 0.463. The number of aryl methyl sites for hydroxylation is 2. The summed E-state index contributed by atoms with van der Waals surface area (Å²) >= 11 is 0. The van der Waals surface area contributed by atoms with Gasteiger partial charge in [-0.1, -0.05) is 12.1 Å². The van der Waals surface area contributed by atoms with Crippen LogP contribution in [0.4, 0.5) is 18.9 Å². The smallest absolute Gasteiger partial charge is 0.433 e. The molecule has 3 aliphatic rings. The number of benzene rings is 2. The summed E-state index contributed by atoms with van der Waals surface area (Å²) in [6, 6.07) is 10.3. The number of carbonyl (C=O) groups excluding carboxylic acids is 3. The number of amides is 3. The van der Waals surface area contributed by atoms with Crippen molar-refractivity contribution in [1.82, 2.24) is 34.1 Å². The molecule has 57 heavy (non-hydrogen) atoms. The first-order valence-corrected chi connectivity index (χ1v) is 19.5. The largest absolute Gasteiger partial charge is 0.494 e. The fourth-order valence-corrected chi connectivity index (χ4v) is 9.05. The molecule has 8 rings (SSSR count). The van der Waals surface area contributed by atoms with Crippen molar-refractivity contribution in [2.24, 2.45) is 13.0 Å². The van der Waals surface area contributed by atoms with Crippen LogP contribution in [-0.4, -0.2) is 73.3 Å². The summed E-state index contributed by atoms with van der Waals surface area (Å²) < 4.78 is 50.3. The third-order valence-electron chi connectivity index (χ3n) is 12.0. The number of halogens is 3. The molecule has 5 aromatic rings. The van der Waals surface area contributed by atoms with E-state index in [4.69, 9.17) is 9.84 Å². The Bertz CT molecular complexity index is 2440. The monoisotopic (exact) mass is 786 g/mol. The second-order valence-electron chi connectivity index (χ2n) is 15.7. The molecule has 1 atom stereocenters. The Morgan fingerprint density at radius 3 is 2.46 bits per heavy atom. The average molecular weight is 787 g/mol. The zero-order valence-electron chi connectivity index (χ0n) is 32.1. The highest BCUT2D eigenvalue weighted by Crippen LogP contribution is 2.38. The zero-order chi connectivity index (χ0) is 40.2. The number of rotatable bonds is 8. The molecule has 3 aromatic heterocycles. The molecule has 300 valence electrons. The van der Waals surface area contributed by atoms with E-state index in [1.807, 2.05) is 23.9 Å². The summed E-state index contributed by atoms with van der Waals surface area (Å²) in [5.74, 6) is -0.348. The number of nitrogens with zero attached hydrogens (tertiary/aromatic N) is 6. The topological polar surface area (TPSA) is 145 Å². The minimum Gasteiger partial charge on any atom is -0.494 e. The van der Waals surface area contributed by atoms with Crippen molar-refractivity contribution in [3.8, 4) is 5.75 Å². The van der Waals surface area contributed by atoms with Gasteiger partial charge in [0.25, 0.3) is 5.91 Å². The molecule has 3 fully saturated rings. The van der Waals surface area contributed by atoms with Gasteiger partial charge in [-0.05, 0) is 112 Å². The number of methoxy groups -OCH3 is 1. The highest BCUT2D eigenvalue weighted by atomic mass is 19.4. The van der Waals surface area contributed by atoms with E-state index in [1.54, 1.807) is 28.3 Å². The van der Waals surface area contributed by atoms with Crippen LogP contribution in [0.25, 0.3) is 21.9 Å². The van der Waals surface area contributed by atoms with Crippen molar-refractivity contribution in [2.75, 3.05) is 32.1 Å². The quantitative estimate of drug-likeness (QED) is 0.176. The van der Waals surface area contributed by atoms with Gasteiger partial charge in [0.05, 0.1) is 35.4 Å². The molecule has 0 bridgehead atoms. The van der Waals surface area contributed by atoms with Crippen LogP contribution in [0.3, 0.4) is 0 Å². The summed E-state index contributed by atoms with van der Waals surface area (Å²) in [7, 11) is 3.22. The normalized spacial score (nSPS) is 21.3. The highest BCUT2D eigenvalue weighted by Gasteiger charge is 2.35. The van der Waals surface area contributed by atoms with Gasteiger partial charge in [0.2, 0.25) is 11.8 Å². The molecule has 0 spiro atoms. The first kappa shape index (κ1) is 38.4. The first-order valence-electron chi connectivity index (χ1n) is 19.5. The Balaban J connectivity index is 0.887. The van der Waals surface area contributed by atoms with Gasteiger partial charge >= 0.3 is 11.9 Å². The maximum Gasteiger partial charge on any atom is 0.433 e. The van der Waals surface area contributed by atoms with E-state index in [-0.39, 0.29) is 35.7 Å². The molecule has 5 heterocycles. The molecule has 1 aliphatic carbocycles. The minimum absolute atomic E-state index is 0.203. The van der Waals surface area contributed by atoms with E-state index in [0.29, 0.717) is 29.3 Å². The third kappa shape index (κ3) is 7.54. The van der Waals surface area contributed by atoms with Crippen LogP contribution in [0.1, 0.15) is 96.7 Å². The van der Waals surface area contributed by atoms with Gasteiger partial charge < -0.3 is 15.0 Å². The number of piperidine rings is 2. The van der Waals surface area contributed by atoms with E-state index in [1.165, 1.54) is 13.2 Å². The van der Waals surface area contributed by atoms with Gasteiger partial charge in [-0.25, -0.2) is 9.78 Å². The van der Waals surface area contributed by atoms with Crippen LogP contribution in [-0.2, 0) is 22.8 Å². The van der Waals surface area contributed by atoms with Crippen molar-refractivity contribution in [2.45, 2.75) is 82.5 Å². The van der Waals surface area contributed by atoms with Crippen molar-refractivity contribution in [3.63, 3.8) is 0 Å². The second-order valence-corrected chi connectivity index (χ2v) is 15.7. The van der Waals surface area contributed by atoms with Crippen LogP contribution >= 0.6 is 0 Å². The third-order valence-corrected chi connectivity index (χ3v) is 12.0. The number of likely N-dealkylation sites (tertiary alicyclic amines) is 1. The van der Waals surface area contributed by atoms with Gasteiger partial charge in [-0.2, -0.15) is 18.3 Å². The number of fused-ring (bicyclic) bond motifs is 2. The number of imidazole rings is 1. The Morgan fingerprint density at radius 1 is 1.00 bits per heavy atom. The minimum atomic E-state index is -4.67. The van der Waals surface area contributed by atoms with Crippen LogP contribution < -0.4 is 21.1 Å². The lowest BCUT2D eigenvalue weighted by Gasteiger charge is -2.37. The molecule has 1 saturated carbocycles. The average Bonchev–Trinajstić information content (AvgIpc) is 3.71. The lowest BCUT2D eigenvalue weighted by atomic mass is 9.84. The predicted molar refractivity (Wildman–Crippen MR) is 206 cm³/mol. The van der Waals surface area contributed by atoms with E-state index in [2.05, 4.69) is 26.6 Å². The predicted octanol–water partition coefficient (Wildman–Crippen LogP) is 6.26. The van der Waals surface area contributed by atoms with Gasteiger partial charge in [0.15, 0.2) is 0 Å². The molecule has 13 nitrogen and oxygen atoms in total. The zero-order valence-corrected chi connectivity index (χ0v) is 32.1. The summed E-state index contributed by atoms with van der Waals surface area (Å²) in [5, 5.41) is 10.7. The number of imide groups is 1. The molecule has 2 aromatic carbocycles. The van der Waals surface area contributed by atoms with E-state index >= 15 is 0 Å². The SMILES string of the molecule is COc1cc2nn([C@H]3CC[C@H](CN4CCC(c5cc(C)cc6c5n(C)c(=O)n6C5CCC(=O)NC5=O)CC4)CC3)cc2cc1NC(=O)c1cccc(C(F)(F)F)n1. The van der Waals surface area contributed by atoms with Crippen molar-refractivity contribution in [1.29, 1.82) is 0 Å². The number of anilines is 1. The molecule has 0 radical (unpaired) electrons. The molecule has 2 aliphatic heterocycles. The Morgan fingerprint density at radius 2 is 1.75 bits per heavy atom. The molecular formula is C41H45F3N8O5. The van der Waals surface area contributed by atoms with Crippen LogP contribution in [0.15, 0.2) is 53.5 Å². The first-order chi connectivity index (χ1) is 27.3. The van der Waals surface area contributed by atoms with Crippen molar-refractivity contribution < 1.29 is 32.3 Å². The molecule has 16 heteroatoms. The van der Waals surface area contributed by atoms with Crippen molar-refractivity contribution >= 4 is 45.3 Å². The Kier molecular flexibility index (Phi) is 10.2. The molecule has 2 saturated heterocycles. The lowest BCUT2D eigenvalue weighted by Crippen LogP contribution is -2.44. The Labute approximate surface area is 326 Å². The number of hydrogen-bond acceptors (Lipinski definition) is 8. The Hall–Kier alpha value is -5.51. The van der Waals surface area contributed by atoms with Gasteiger partial charge in [0, 0.05) is 37.7 Å².